The second kappa shape index (κ2) is 6.53. The number of hydrogen-bond acceptors (Lipinski definition) is 3. The molecule has 0 aliphatic heterocycles. The highest BCUT2D eigenvalue weighted by Crippen LogP contribution is 2.08. The molecule has 1 aromatic rings. The van der Waals surface area contributed by atoms with E-state index in [0.29, 0.717) is 6.04 Å². The third-order valence-electron chi connectivity index (χ3n) is 2.70. The van der Waals surface area contributed by atoms with Crippen LogP contribution in [0.3, 0.4) is 0 Å². The Labute approximate surface area is 92.3 Å². The van der Waals surface area contributed by atoms with Crippen molar-refractivity contribution in [1.82, 2.24) is 9.88 Å². The fourth-order valence-electron chi connectivity index (χ4n) is 1.76. The summed E-state index contributed by atoms with van der Waals surface area (Å²) < 4.78 is 0. The quantitative estimate of drug-likeness (QED) is 0.771. The van der Waals surface area contributed by atoms with E-state index >= 15 is 0 Å². The van der Waals surface area contributed by atoms with Crippen molar-refractivity contribution in [1.29, 1.82) is 0 Å². The number of hydrogen-bond donors (Lipinski definition) is 1. The number of rotatable bonds is 6. The van der Waals surface area contributed by atoms with Gasteiger partial charge in [0.15, 0.2) is 0 Å². The average Bonchev–Trinajstić information content (AvgIpc) is 2.27. The number of likely N-dealkylation sites (N-methyl/N-ethyl adjacent to an activating group) is 1. The minimum absolute atomic E-state index is 0.489. The Hall–Kier alpha value is -0.930. The summed E-state index contributed by atoms with van der Waals surface area (Å²) in [5, 5.41) is 0. The Kier molecular flexibility index (Phi) is 5.29. The van der Waals surface area contributed by atoms with Crippen molar-refractivity contribution in [2.45, 2.75) is 32.4 Å². The van der Waals surface area contributed by atoms with Crippen LogP contribution < -0.4 is 5.73 Å². The predicted octanol–water partition coefficient (Wildman–Crippen LogP) is 1.64. The first-order valence-electron chi connectivity index (χ1n) is 5.57. The van der Waals surface area contributed by atoms with Gasteiger partial charge in [-0.25, -0.2) is 0 Å². The highest BCUT2D eigenvalue weighted by molar-refractivity contribution is 5.09. The van der Waals surface area contributed by atoms with Crippen molar-refractivity contribution in [2.24, 2.45) is 5.73 Å². The Morgan fingerprint density at radius 1 is 1.40 bits per heavy atom. The van der Waals surface area contributed by atoms with Gasteiger partial charge in [-0.1, -0.05) is 13.3 Å². The summed E-state index contributed by atoms with van der Waals surface area (Å²) in [6, 6.07) is 4.59. The summed E-state index contributed by atoms with van der Waals surface area (Å²) >= 11 is 0. The van der Waals surface area contributed by atoms with E-state index in [2.05, 4.69) is 36.0 Å². The lowest BCUT2D eigenvalue weighted by molar-refractivity contribution is 0.226. The molecule has 0 aliphatic rings. The second-order valence-corrected chi connectivity index (χ2v) is 3.95. The van der Waals surface area contributed by atoms with E-state index in [1.54, 1.807) is 0 Å². The summed E-state index contributed by atoms with van der Waals surface area (Å²) in [7, 11) is 2.13. The Morgan fingerprint density at radius 3 is 2.60 bits per heavy atom. The van der Waals surface area contributed by atoms with Crippen LogP contribution in [0.4, 0.5) is 0 Å². The van der Waals surface area contributed by atoms with Crippen LogP contribution >= 0.6 is 0 Å². The van der Waals surface area contributed by atoms with Crippen LogP contribution in [-0.2, 0) is 6.54 Å². The third kappa shape index (κ3) is 3.98. The molecule has 1 unspecified atom stereocenters. The monoisotopic (exact) mass is 207 g/mol. The maximum absolute atomic E-state index is 5.76. The zero-order valence-electron chi connectivity index (χ0n) is 9.69. The summed E-state index contributed by atoms with van der Waals surface area (Å²) in [6.07, 6.45) is 6.02. The second-order valence-electron chi connectivity index (χ2n) is 3.95. The molecule has 0 saturated carbocycles. The van der Waals surface area contributed by atoms with Crippen LogP contribution in [0.1, 0.15) is 25.3 Å². The lowest BCUT2D eigenvalue weighted by Gasteiger charge is -2.26. The van der Waals surface area contributed by atoms with E-state index in [1.807, 2.05) is 12.4 Å². The number of pyridine rings is 1. The van der Waals surface area contributed by atoms with Gasteiger partial charge in [0, 0.05) is 31.5 Å². The first kappa shape index (κ1) is 12.1. The molecule has 0 spiro atoms. The van der Waals surface area contributed by atoms with Crippen molar-refractivity contribution in [3.05, 3.63) is 30.1 Å². The normalized spacial score (nSPS) is 13.1. The Morgan fingerprint density at radius 2 is 2.07 bits per heavy atom. The molecule has 0 aliphatic carbocycles. The molecule has 1 rings (SSSR count). The van der Waals surface area contributed by atoms with Gasteiger partial charge in [-0.2, -0.15) is 0 Å². The maximum Gasteiger partial charge on any atom is 0.0271 e. The number of nitrogens with zero attached hydrogens (tertiary/aromatic N) is 2. The minimum Gasteiger partial charge on any atom is -0.329 e. The van der Waals surface area contributed by atoms with Crippen molar-refractivity contribution in [3.63, 3.8) is 0 Å². The minimum atomic E-state index is 0.489. The highest BCUT2D eigenvalue weighted by atomic mass is 15.1. The molecule has 84 valence electrons. The zero-order valence-corrected chi connectivity index (χ0v) is 9.69. The molecule has 0 aromatic carbocycles. The van der Waals surface area contributed by atoms with Gasteiger partial charge in [0.25, 0.3) is 0 Å². The third-order valence-corrected chi connectivity index (χ3v) is 2.70. The van der Waals surface area contributed by atoms with Crippen LogP contribution in [0, 0.1) is 0 Å². The fourth-order valence-corrected chi connectivity index (χ4v) is 1.76. The van der Waals surface area contributed by atoms with E-state index in [1.165, 1.54) is 12.0 Å². The number of aromatic nitrogens is 1. The molecule has 3 nitrogen and oxygen atoms in total. The van der Waals surface area contributed by atoms with Gasteiger partial charge in [-0.05, 0) is 31.2 Å². The van der Waals surface area contributed by atoms with E-state index in [-0.39, 0.29) is 0 Å². The number of nitrogens with two attached hydrogens (primary N) is 1. The largest absolute Gasteiger partial charge is 0.329 e. The molecule has 0 bridgehead atoms. The zero-order chi connectivity index (χ0) is 11.1. The smallest absolute Gasteiger partial charge is 0.0271 e. The average molecular weight is 207 g/mol. The van der Waals surface area contributed by atoms with Gasteiger partial charge in [-0.3, -0.25) is 9.88 Å². The van der Waals surface area contributed by atoms with E-state index in [9.17, 15) is 0 Å². The summed E-state index contributed by atoms with van der Waals surface area (Å²) in [5.74, 6) is 0. The van der Waals surface area contributed by atoms with Gasteiger partial charge in [0.2, 0.25) is 0 Å². The fraction of sp³-hybridized carbons (Fsp3) is 0.583. The van der Waals surface area contributed by atoms with Crippen LogP contribution in [0.15, 0.2) is 24.5 Å². The van der Waals surface area contributed by atoms with E-state index in [4.69, 9.17) is 5.73 Å². The van der Waals surface area contributed by atoms with Gasteiger partial charge in [0.05, 0.1) is 0 Å². The molecule has 2 N–H and O–H groups in total. The van der Waals surface area contributed by atoms with Crippen LogP contribution in [0.5, 0.6) is 0 Å². The van der Waals surface area contributed by atoms with Gasteiger partial charge < -0.3 is 5.73 Å². The molecule has 3 heteroatoms. The first-order chi connectivity index (χ1) is 7.27. The van der Waals surface area contributed by atoms with Gasteiger partial charge in [0.1, 0.15) is 0 Å². The molecule has 1 heterocycles. The first-order valence-corrected chi connectivity index (χ1v) is 5.57. The molecular weight excluding hydrogens is 186 g/mol. The van der Waals surface area contributed by atoms with Crippen molar-refractivity contribution in [2.75, 3.05) is 13.6 Å². The molecule has 0 fully saturated rings. The molecular formula is C12H21N3. The molecule has 1 aromatic heterocycles. The SMILES string of the molecule is CCCC(CN)N(C)Cc1ccncc1. The highest BCUT2D eigenvalue weighted by Gasteiger charge is 2.11. The van der Waals surface area contributed by atoms with Gasteiger partial charge >= 0.3 is 0 Å². The summed E-state index contributed by atoms with van der Waals surface area (Å²) in [6.45, 7) is 3.88. The molecule has 0 saturated heterocycles. The molecule has 0 radical (unpaired) electrons. The topological polar surface area (TPSA) is 42.1 Å². The Bertz CT molecular complexity index is 261. The van der Waals surface area contributed by atoms with Crippen LogP contribution in [0.25, 0.3) is 0 Å². The summed E-state index contributed by atoms with van der Waals surface area (Å²) in [4.78, 5) is 6.33. The van der Waals surface area contributed by atoms with Crippen molar-refractivity contribution >= 4 is 0 Å². The molecule has 1 atom stereocenters. The molecule has 0 amide bonds. The van der Waals surface area contributed by atoms with Crippen LogP contribution in [-0.4, -0.2) is 29.5 Å². The predicted molar refractivity (Wildman–Crippen MR) is 63.5 cm³/mol. The standard InChI is InChI=1S/C12H21N3/c1-3-4-12(9-13)15(2)10-11-5-7-14-8-6-11/h5-8,12H,3-4,9-10,13H2,1-2H3. The van der Waals surface area contributed by atoms with Crippen LogP contribution in [0.2, 0.25) is 0 Å². The van der Waals surface area contributed by atoms with E-state index < -0.39 is 0 Å². The van der Waals surface area contributed by atoms with Crippen molar-refractivity contribution in [3.8, 4) is 0 Å². The van der Waals surface area contributed by atoms with Gasteiger partial charge in [-0.15, -0.1) is 0 Å². The lowest BCUT2D eigenvalue weighted by atomic mass is 10.1. The lowest BCUT2D eigenvalue weighted by Crippen LogP contribution is -2.37. The Balaban J connectivity index is 2.50. The molecule has 15 heavy (non-hydrogen) atoms. The van der Waals surface area contributed by atoms with Crippen molar-refractivity contribution < 1.29 is 0 Å². The summed E-state index contributed by atoms with van der Waals surface area (Å²) in [5.41, 5.74) is 7.05. The van der Waals surface area contributed by atoms with E-state index in [0.717, 1.165) is 19.5 Å². The maximum atomic E-state index is 5.76.